The van der Waals surface area contributed by atoms with Crippen LogP contribution in [-0.4, -0.2) is 15.5 Å². The van der Waals surface area contributed by atoms with E-state index in [9.17, 15) is 0 Å². The minimum Gasteiger partial charge on any atom is -0.753 e. The van der Waals surface area contributed by atoms with Crippen molar-refractivity contribution in [2.24, 2.45) is 0 Å². The first-order chi connectivity index (χ1) is 4.24. The standard InChI is InChI=1S/3CNS.Co.3H2N/c3*2-1-3;;;;/h;;;;3*1H2/q3*-1;+3;3*-1. The quantitative estimate of drug-likeness (QED) is 0.481. The molecule has 0 aromatic rings. The number of hydrogen-bond donors (Lipinski definition) is 0. The van der Waals surface area contributed by atoms with E-state index in [1.807, 2.05) is 0 Å². The maximum Gasteiger partial charge on any atom is 3.00 e. The molecule has 0 aliphatic heterocycles. The van der Waals surface area contributed by atoms with Crippen LogP contribution in [0.4, 0.5) is 0 Å². The molecule has 0 amide bonds. The van der Waals surface area contributed by atoms with E-state index >= 15 is 0 Å². The average molecular weight is 281 g/mol. The van der Waals surface area contributed by atoms with Crippen molar-refractivity contribution in [3.05, 3.63) is 34.7 Å². The Labute approximate surface area is 103 Å². The molecule has 10 heteroatoms. The van der Waals surface area contributed by atoms with Gasteiger partial charge in [-0.25, -0.2) is 0 Å². The molecule has 0 atom stereocenters. The summed E-state index contributed by atoms with van der Waals surface area (Å²) >= 11 is 11.1. The Balaban J connectivity index is -0.00000000720. The van der Waals surface area contributed by atoms with Crippen molar-refractivity contribution < 1.29 is 16.8 Å². The summed E-state index contributed by atoms with van der Waals surface area (Å²) in [6.45, 7) is 0. The van der Waals surface area contributed by atoms with Gasteiger partial charge in [-0.15, -0.1) is 0 Å². The van der Waals surface area contributed by atoms with Crippen LogP contribution in [0.3, 0.4) is 0 Å². The fraction of sp³-hybridized carbons (Fsp3) is 0. The maximum absolute atomic E-state index is 7.13. The van der Waals surface area contributed by atoms with E-state index in [1.165, 1.54) is 15.5 Å². The predicted molar refractivity (Wildman–Crippen MR) is 63.7 cm³/mol. The molecule has 0 spiro atoms. The van der Waals surface area contributed by atoms with Crippen molar-refractivity contribution in [2.45, 2.75) is 0 Å². The smallest absolute Gasteiger partial charge is 0.753 e. The fourth-order valence-electron chi connectivity index (χ4n) is 0. The van der Waals surface area contributed by atoms with Gasteiger partial charge in [-0.05, 0) is 0 Å². The zero-order chi connectivity index (χ0) is 8.12. The minimum absolute atomic E-state index is 0. The molecule has 13 heavy (non-hydrogen) atoms. The zero-order valence-electron chi connectivity index (χ0n) is 6.13. The second kappa shape index (κ2) is 177. The summed E-state index contributed by atoms with van der Waals surface area (Å²) < 4.78 is 0. The van der Waals surface area contributed by atoms with E-state index < -0.39 is 0 Å². The molecule has 0 radical (unpaired) electrons. The van der Waals surface area contributed by atoms with Crippen molar-refractivity contribution in [1.29, 1.82) is 0 Å². The molecule has 6 nitrogen and oxygen atoms in total. The second-order valence-electron chi connectivity index (χ2n) is 0.274. The first-order valence-electron chi connectivity index (χ1n) is 1.28. The van der Waals surface area contributed by atoms with E-state index in [4.69, 9.17) is 16.2 Å². The van der Waals surface area contributed by atoms with Crippen LogP contribution in [0.5, 0.6) is 0 Å². The van der Waals surface area contributed by atoms with Crippen LogP contribution in [0, 0.1) is 0 Å². The predicted octanol–water partition coefficient (Wildman–Crippen LogP) is 4.12. The maximum atomic E-state index is 7.13. The van der Waals surface area contributed by atoms with E-state index in [2.05, 4.69) is 36.7 Å². The summed E-state index contributed by atoms with van der Waals surface area (Å²) in [5, 5.41) is 25.4. The van der Waals surface area contributed by atoms with Gasteiger partial charge in [0.25, 0.3) is 0 Å². The molecular weight excluding hydrogens is 275 g/mol. The Hall–Kier alpha value is -0.214. The number of isothiocyanates is 3. The molecule has 0 heterocycles. The van der Waals surface area contributed by atoms with Gasteiger partial charge >= 0.3 is 16.8 Å². The van der Waals surface area contributed by atoms with E-state index in [-0.39, 0.29) is 35.2 Å². The molecule has 78 valence electrons. The van der Waals surface area contributed by atoms with Gasteiger partial charge in [0.1, 0.15) is 0 Å². The van der Waals surface area contributed by atoms with Crippen LogP contribution in [0.25, 0.3) is 34.7 Å². The molecule has 0 aromatic heterocycles. The van der Waals surface area contributed by atoms with Crippen LogP contribution >= 0.6 is 36.7 Å². The van der Waals surface area contributed by atoms with Crippen LogP contribution in [0.1, 0.15) is 0 Å². The molecule has 0 saturated heterocycles. The Morgan fingerprint density at radius 3 is 0.615 bits per heavy atom. The first kappa shape index (κ1) is 53.1. The normalized spacial score (nSPS) is 1.85. The summed E-state index contributed by atoms with van der Waals surface area (Å²) in [5.41, 5.74) is 0. The van der Waals surface area contributed by atoms with Crippen LogP contribution in [0.15, 0.2) is 0 Å². The number of hydrogen-bond acceptors (Lipinski definition) is 3. The van der Waals surface area contributed by atoms with Crippen LogP contribution in [0.2, 0.25) is 0 Å². The summed E-state index contributed by atoms with van der Waals surface area (Å²) in [7, 11) is 0. The number of thiocarbonyl (C=S) groups is 3. The van der Waals surface area contributed by atoms with Crippen LogP contribution < -0.4 is 0 Å². The molecule has 0 aromatic carbocycles. The van der Waals surface area contributed by atoms with Gasteiger partial charge in [-0.1, -0.05) is 36.7 Å². The summed E-state index contributed by atoms with van der Waals surface area (Å²) in [6.07, 6.45) is 0. The van der Waals surface area contributed by atoms with Gasteiger partial charge in [0.15, 0.2) is 0 Å². The van der Waals surface area contributed by atoms with Gasteiger partial charge in [0.05, 0.1) is 0 Å². The summed E-state index contributed by atoms with van der Waals surface area (Å²) in [4.78, 5) is 0. The minimum atomic E-state index is 0. The fourth-order valence-corrected chi connectivity index (χ4v) is 0. The second-order valence-corrected chi connectivity index (χ2v) is 0.822. The third-order valence-corrected chi connectivity index (χ3v) is 0. The van der Waals surface area contributed by atoms with E-state index in [0.717, 1.165) is 0 Å². The first-order valence-corrected chi connectivity index (χ1v) is 2.51. The third-order valence-electron chi connectivity index (χ3n) is 0. The van der Waals surface area contributed by atoms with Gasteiger partial charge in [0.2, 0.25) is 0 Å². The molecule has 0 bridgehead atoms. The third kappa shape index (κ3) is 24800. The average Bonchev–Trinajstić information content (AvgIpc) is 1.70. The van der Waals surface area contributed by atoms with Crippen molar-refractivity contribution >= 4 is 52.1 Å². The molecule has 0 unspecified atom stereocenters. The summed E-state index contributed by atoms with van der Waals surface area (Å²) in [5.74, 6) is 0. The largest absolute Gasteiger partial charge is 3.00 e. The Bertz CT molecular complexity index is 115. The molecule has 0 rings (SSSR count). The molecule has 0 aliphatic rings. The SMILES string of the molecule is [Co+3].[N-]=C=S.[N-]=C=S.[N-]=C=S.[NH2-].[NH2-].[NH2-]. The van der Waals surface area contributed by atoms with Crippen molar-refractivity contribution in [2.75, 3.05) is 0 Å². The Morgan fingerprint density at radius 1 is 0.615 bits per heavy atom. The molecule has 0 saturated carbocycles. The Morgan fingerprint density at radius 2 is 0.615 bits per heavy atom. The van der Waals surface area contributed by atoms with E-state index in [1.54, 1.807) is 0 Å². The van der Waals surface area contributed by atoms with Crippen molar-refractivity contribution in [3.63, 3.8) is 0 Å². The molecule has 6 N–H and O–H groups in total. The molecule has 0 fully saturated rings. The van der Waals surface area contributed by atoms with Crippen LogP contribution in [-0.2, 0) is 16.8 Å². The summed E-state index contributed by atoms with van der Waals surface area (Å²) in [6, 6.07) is 0. The number of nitrogens with zero attached hydrogens (tertiary/aromatic N) is 3. The molecular formula is C3H6CoN6S3-3. The number of rotatable bonds is 0. The topological polar surface area (TPSA) is 167 Å². The Kier molecular flexibility index (Phi) is 721. The zero-order valence-corrected chi connectivity index (χ0v) is 9.62. The van der Waals surface area contributed by atoms with Gasteiger partial charge in [-0.2, -0.15) is 15.5 Å². The van der Waals surface area contributed by atoms with Gasteiger partial charge < -0.3 is 34.7 Å². The van der Waals surface area contributed by atoms with Gasteiger partial charge in [0, 0.05) is 0 Å². The molecule has 0 aliphatic carbocycles. The van der Waals surface area contributed by atoms with Crippen molar-refractivity contribution in [3.8, 4) is 0 Å². The van der Waals surface area contributed by atoms with E-state index in [0.29, 0.717) is 0 Å². The monoisotopic (exact) mass is 281 g/mol. The van der Waals surface area contributed by atoms with Gasteiger partial charge in [-0.3, -0.25) is 0 Å². The number of nitrogens with two attached hydrogens (primary N) is 3. The van der Waals surface area contributed by atoms with Crippen molar-refractivity contribution in [1.82, 2.24) is 0 Å².